The molecule has 0 bridgehead atoms. The highest BCUT2D eigenvalue weighted by atomic mass is 35.5. The average Bonchev–Trinajstić information content (AvgIpc) is 3.22. The van der Waals surface area contributed by atoms with Gasteiger partial charge < -0.3 is 10.1 Å². The highest BCUT2D eigenvalue weighted by Crippen LogP contribution is 2.42. The maximum atomic E-state index is 12.3. The van der Waals surface area contributed by atoms with Crippen molar-refractivity contribution in [1.82, 2.24) is 10.2 Å². The third-order valence-electron chi connectivity index (χ3n) is 5.51. The SMILES string of the molecule is O=C1CC(c2ccc(OCc3cccc(Cl)c3)cc2)c2c(n[nH]c2-c2ccc(Cl)cc2)N1. The van der Waals surface area contributed by atoms with Crippen LogP contribution in [-0.4, -0.2) is 16.1 Å². The molecule has 32 heavy (non-hydrogen) atoms. The van der Waals surface area contributed by atoms with Gasteiger partial charge in [0.1, 0.15) is 12.4 Å². The van der Waals surface area contributed by atoms with Gasteiger partial charge in [-0.2, -0.15) is 5.10 Å². The lowest BCUT2D eigenvalue weighted by molar-refractivity contribution is -0.116. The fourth-order valence-corrected chi connectivity index (χ4v) is 4.31. The molecule has 4 aromatic rings. The second-order valence-electron chi connectivity index (χ2n) is 7.66. The minimum Gasteiger partial charge on any atom is -0.489 e. The first-order chi connectivity index (χ1) is 15.6. The number of aromatic nitrogens is 2. The quantitative estimate of drug-likeness (QED) is 0.357. The third kappa shape index (κ3) is 4.22. The van der Waals surface area contributed by atoms with E-state index in [9.17, 15) is 4.79 Å². The molecule has 2 heterocycles. The van der Waals surface area contributed by atoms with Crippen LogP contribution in [0.5, 0.6) is 5.75 Å². The van der Waals surface area contributed by atoms with Crippen LogP contribution in [0.15, 0.2) is 72.8 Å². The number of fused-ring (bicyclic) bond motifs is 1. The van der Waals surface area contributed by atoms with Crippen LogP contribution in [-0.2, 0) is 11.4 Å². The number of hydrogen-bond acceptors (Lipinski definition) is 3. The Morgan fingerprint density at radius 2 is 1.75 bits per heavy atom. The normalized spacial score (nSPS) is 15.2. The summed E-state index contributed by atoms with van der Waals surface area (Å²) in [4.78, 5) is 12.3. The summed E-state index contributed by atoms with van der Waals surface area (Å²) in [6, 6.07) is 23.0. The number of nitrogens with one attached hydrogen (secondary N) is 2. The van der Waals surface area contributed by atoms with Crippen molar-refractivity contribution in [1.29, 1.82) is 0 Å². The summed E-state index contributed by atoms with van der Waals surface area (Å²) in [6.45, 7) is 0.429. The standard InChI is InChI=1S/C25H19Cl2N3O2/c26-18-8-4-17(5-9-18)24-23-21(13-22(31)28-25(23)30-29-24)16-6-10-20(11-7-16)32-14-15-2-1-3-19(27)12-15/h1-12,21H,13-14H2,(H2,28,29,30,31). The number of carbonyl (C=O) groups is 1. The number of carbonyl (C=O) groups excluding carboxylic acids is 1. The van der Waals surface area contributed by atoms with E-state index in [0.717, 1.165) is 33.7 Å². The van der Waals surface area contributed by atoms with E-state index in [1.165, 1.54) is 0 Å². The average molecular weight is 464 g/mol. The Morgan fingerprint density at radius 3 is 2.50 bits per heavy atom. The van der Waals surface area contributed by atoms with Crippen molar-refractivity contribution in [3.8, 4) is 17.0 Å². The second-order valence-corrected chi connectivity index (χ2v) is 8.53. The summed E-state index contributed by atoms with van der Waals surface area (Å²) in [7, 11) is 0. The molecular weight excluding hydrogens is 445 g/mol. The summed E-state index contributed by atoms with van der Waals surface area (Å²) < 4.78 is 5.90. The first-order valence-corrected chi connectivity index (χ1v) is 10.9. The van der Waals surface area contributed by atoms with Crippen LogP contribution in [0.2, 0.25) is 10.0 Å². The van der Waals surface area contributed by atoms with Crippen molar-refractivity contribution in [2.45, 2.75) is 18.9 Å². The van der Waals surface area contributed by atoms with Crippen LogP contribution in [0, 0.1) is 0 Å². The molecule has 0 saturated carbocycles. The van der Waals surface area contributed by atoms with E-state index in [1.807, 2.05) is 72.8 Å². The fourth-order valence-electron chi connectivity index (χ4n) is 3.97. The summed E-state index contributed by atoms with van der Waals surface area (Å²) in [6.07, 6.45) is 0.343. The molecule has 0 radical (unpaired) electrons. The van der Waals surface area contributed by atoms with Crippen LogP contribution in [0.3, 0.4) is 0 Å². The smallest absolute Gasteiger partial charge is 0.226 e. The first kappa shape index (κ1) is 20.6. The Hall–Kier alpha value is -3.28. The number of H-pyrrole nitrogens is 1. The molecule has 1 unspecified atom stereocenters. The van der Waals surface area contributed by atoms with E-state index in [-0.39, 0.29) is 11.8 Å². The van der Waals surface area contributed by atoms with Crippen molar-refractivity contribution < 1.29 is 9.53 Å². The minimum atomic E-state index is -0.120. The molecule has 5 nitrogen and oxygen atoms in total. The minimum absolute atomic E-state index is 0.0575. The first-order valence-electron chi connectivity index (χ1n) is 10.2. The molecular formula is C25H19Cl2N3O2. The van der Waals surface area contributed by atoms with E-state index in [2.05, 4.69) is 15.5 Å². The molecule has 1 atom stereocenters. The molecule has 1 aliphatic rings. The van der Waals surface area contributed by atoms with Crippen molar-refractivity contribution in [2.75, 3.05) is 5.32 Å². The lowest BCUT2D eigenvalue weighted by atomic mass is 9.84. The highest BCUT2D eigenvalue weighted by Gasteiger charge is 2.32. The number of hydrogen-bond donors (Lipinski definition) is 2. The molecule has 3 aromatic carbocycles. The van der Waals surface area contributed by atoms with E-state index < -0.39 is 0 Å². The Balaban J connectivity index is 1.41. The van der Waals surface area contributed by atoms with E-state index in [1.54, 1.807) is 0 Å². The summed E-state index contributed by atoms with van der Waals surface area (Å²) in [5.74, 6) is 1.14. The van der Waals surface area contributed by atoms with E-state index >= 15 is 0 Å². The molecule has 0 aliphatic carbocycles. The lowest BCUT2D eigenvalue weighted by Gasteiger charge is -2.23. The predicted molar refractivity (Wildman–Crippen MR) is 126 cm³/mol. The number of rotatable bonds is 5. The zero-order valence-electron chi connectivity index (χ0n) is 16.9. The van der Waals surface area contributed by atoms with Crippen LogP contribution in [0.25, 0.3) is 11.3 Å². The third-order valence-corrected chi connectivity index (χ3v) is 6.00. The number of benzene rings is 3. The Bertz CT molecular complexity index is 1270. The topological polar surface area (TPSA) is 67.0 Å². The Morgan fingerprint density at radius 1 is 0.969 bits per heavy atom. The molecule has 7 heteroatoms. The summed E-state index contributed by atoms with van der Waals surface area (Å²) in [5.41, 5.74) is 4.84. The monoisotopic (exact) mass is 463 g/mol. The second kappa shape index (κ2) is 8.69. The van der Waals surface area contributed by atoms with Crippen molar-refractivity contribution in [3.63, 3.8) is 0 Å². The number of nitrogens with zero attached hydrogens (tertiary/aromatic N) is 1. The van der Waals surface area contributed by atoms with Gasteiger partial charge in [0, 0.05) is 33.5 Å². The molecule has 1 aliphatic heterocycles. The van der Waals surface area contributed by atoms with Gasteiger partial charge in [0.15, 0.2) is 5.82 Å². The van der Waals surface area contributed by atoms with Crippen LogP contribution in [0.4, 0.5) is 5.82 Å². The lowest BCUT2D eigenvalue weighted by Crippen LogP contribution is -2.23. The van der Waals surface area contributed by atoms with Gasteiger partial charge in [-0.3, -0.25) is 9.89 Å². The van der Waals surface area contributed by atoms with Gasteiger partial charge in [0.2, 0.25) is 5.91 Å². The molecule has 5 rings (SSSR count). The fraction of sp³-hybridized carbons (Fsp3) is 0.120. The molecule has 1 amide bonds. The summed E-state index contributed by atoms with van der Waals surface area (Å²) >= 11 is 12.1. The molecule has 0 spiro atoms. The molecule has 160 valence electrons. The van der Waals surface area contributed by atoms with Crippen molar-refractivity contribution >= 4 is 34.9 Å². The van der Waals surface area contributed by atoms with E-state index in [4.69, 9.17) is 27.9 Å². The van der Waals surface area contributed by atoms with Gasteiger partial charge in [0.25, 0.3) is 0 Å². The van der Waals surface area contributed by atoms with Gasteiger partial charge in [0.05, 0.1) is 5.69 Å². The number of ether oxygens (including phenoxy) is 1. The maximum absolute atomic E-state index is 12.3. The summed E-state index contributed by atoms with van der Waals surface area (Å²) in [5, 5.41) is 11.7. The number of amides is 1. The zero-order valence-corrected chi connectivity index (χ0v) is 18.5. The molecule has 2 N–H and O–H groups in total. The highest BCUT2D eigenvalue weighted by molar-refractivity contribution is 6.30. The van der Waals surface area contributed by atoms with Crippen molar-refractivity contribution in [3.05, 3.63) is 99.5 Å². The van der Waals surface area contributed by atoms with E-state index in [0.29, 0.717) is 28.9 Å². The van der Waals surface area contributed by atoms with Crippen LogP contribution >= 0.6 is 23.2 Å². The van der Waals surface area contributed by atoms with Gasteiger partial charge in [-0.1, -0.05) is 59.6 Å². The van der Waals surface area contributed by atoms with Crippen LogP contribution in [0.1, 0.15) is 29.0 Å². The van der Waals surface area contributed by atoms with Gasteiger partial charge in [-0.25, -0.2) is 0 Å². The predicted octanol–water partition coefficient (Wildman–Crippen LogP) is 6.44. The number of anilines is 1. The molecule has 1 aromatic heterocycles. The van der Waals surface area contributed by atoms with Gasteiger partial charge in [-0.05, 0) is 47.5 Å². The zero-order chi connectivity index (χ0) is 22.1. The number of halogens is 2. The van der Waals surface area contributed by atoms with Gasteiger partial charge in [-0.15, -0.1) is 0 Å². The van der Waals surface area contributed by atoms with Crippen LogP contribution < -0.4 is 10.1 Å². The largest absolute Gasteiger partial charge is 0.489 e. The Kier molecular flexibility index (Phi) is 5.60. The maximum Gasteiger partial charge on any atom is 0.226 e. The molecule has 0 saturated heterocycles. The Labute approximate surface area is 195 Å². The van der Waals surface area contributed by atoms with Crippen molar-refractivity contribution in [2.24, 2.45) is 0 Å². The number of aromatic amines is 1. The molecule has 0 fully saturated rings. The van der Waals surface area contributed by atoms with Gasteiger partial charge >= 0.3 is 0 Å².